The van der Waals surface area contributed by atoms with E-state index in [1.165, 1.54) is 30.7 Å². The Morgan fingerprint density at radius 3 is 3.16 bits per heavy atom. The van der Waals surface area contributed by atoms with Crippen LogP contribution in [0.25, 0.3) is 0 Å². The molecular formula is C13H22N4S2. The van der Waals surface area contributed by atoms with Crippen LogP contribution in [0.3, 0.4) is 0 Å². The summed E-state index contributed by atoms with van der Waals surface area (Å²) in [7, 11) is 0. The quantitative estimate of drug-likeness (QED) is 0.837. The van der Waals surface area contributed by atoms with Gasteiger partial charge in [0.2, 0.25) is 0 Å². The van der Waals surface area contributed by atoms with Crippen LogP contribution in [0.1, 0.15) is 38.0 Å². The van der Waals surface area contributed by atoms with Gasteiger partial charge in [-0.15, -0.1) is 11.3 Å². The van der Waals surface area contributed by atoms with Crippen molar-refractivity contribution in [3.63, 3.8) is 0 Å². The topological polar surface area (TPSA) is 40.2 Å². The van der Waals surface area contributed by atoms with Gasteiger partial charge in [-0.1, -0.05) is 6.42 Å². The van der Waals surface area contributed by atoms with Crippen molar-refractivity contribution in [2.24, 2.45) is 0 Å². The van der Waals surface area contributed by atoms with Crippen LogP contribution in [0, 0.1) is 0 Å². The molecule has 2 rings (SSSR count). The second-order valence-corrected chi connectivity index (χ2v) is 6.45. The molecule has 2 heterocycles. The molecule has 1 saturated heterocycles. The molecule has 1 unspecified atom stereocenters. The fourth-order valence-corrected chi connectivity index (χ4v) is 3.48. The average molecular weight is 298 g/mol. The Kier molecular flexibility index (Phi) is 5.54. The number of piperidine rings is 1. The van der Waals surface area contributed by atoms with Crippen molar-refractivity contribution in [3.8, 4) is 0 Å². The van der Waals surface area contributed by atoms with Gasteiger partial charge in [-0.3, -0.25) is 4.90 Å². The lowest BCUT2D eigenvalue weighted by molar-refractivity contribution is 0.154. The van der Waals surface area contributed by atoms with E-state index in [0.29, 0.717) is 11.2 Å². The van der Waals surface area contributed by atoms with Crippen molar-refractivity contribution in [1.29, 1.82) is 0 Å². The fourth-order valence-electron chi connectivity index (χ4n) is 2.33. The summed E-state index contributed by atoms with van der Waals surface area (Å²) in [5.74, 6) is 0. The predicted octanol–water partition coefficient (Wildman–Crippen LogP) is 2.82. The highest BCUT2D eigenvalue weighted by Crippen LogP contribution is 2.23. The number of likely N-dealkylation sites (tertiary alicyclic amines) is 1. The molecule has 2 N–H and O–H groups in total. The Hall–Kier alpha value is -0.720. The fraction of sp³-hybridized carbons (Fsp3) is 0.692. The molecule has 0 aliphatic carbocycles. The second kappa shape index (κ2) is 7.17. The molecule has 0 radical (unpaired) electrons. The number of rotatable bonds is 4. The van der Waals surface area contributed by atoms with Crippen molar-refractivity contribution in [2.45, 2.75) is 45.7 Å². The highest BCUT2D eigenvalue weighted by atomic mass is 32.1. The molecule has 19 heavy (non-hydrogen) atoms. The molecule has 0 saturated carbocycles. The van der Waals surface area contributed by atoms with Crippen LogP contribution in [0.5, 0.6) is 0 Å². The summed E-state index contributed by atoms with van der Waals surface area (Å²) in [4.78, 5) is 8.23. The maximum atomic E-state index is 5.16. The summed E-state index contributed by atoms with van der Waals surface area (Å²) < 4.78 is 0. The van der Waals surface area contributed by atoms with E-state index in [2.05, 4.69) is 27.4 Å². The normalized spacial score (nSPS) is 20.2. The van der Waals surface area contributed by atoms with E-state index >= 15 is 0 Å². The average Bonchev–Trinajstić information content (AvgIpc) is 2.80. The maximum Gasteiger partial charge on any atom is 0.189 e. The third kappa shape index (κ3) is 4.40. The lowest BCUT2D eigenvalue weighted by Gasteiger charge is -2.32. The third-order valence-electron chi connectivity index (χ3n) is 3.41. The van der Waals surface area contributed by atoms with Gasteiger partial charge in [-0.05, 0) is 45.5 Å². The Bertz CT molecular complexity index is 419. The van der Waals surface area contributed by atoms with Crippen molar-refractivity contribution >= 4 is 33.8 Å². The number of nitrogens with one attached hydrogen (secondary N) is 2. The molecule has 6 heteroatoms. The van der Waals surface area contributed by atoms with E-state index in [9.17, 15) is 0 Å². The highest BCUT2D eigenvalue weighted by Gasteiger charge is 2.19. The largest absolute Gasteiger partial charge is 0.363 e. The predicted molar refractivity (Wildman–Crippen MR) is 85.7 cm³/mol. The Balaban J connectivity index is 1.88. The molecule has 1 aliphatic heterocycles. The first-order chi connectivity index (χ1) is 9.19. The standard InChI is InChI=1S/C13H22N4S2/c1-3-14-12(18)16-13-15-8-11(19-13)9-17-7-5-4-6-10(17)2/h8,10H,3-7,9H2,1-2H3,(H2,14,15,16,18). The number of thiocarbonyl (C=S) groups is 1. The van der Waals surface area contributed by atoms with Crippen LogP contribution in [0.2, 0.25) is 0 Å². The first kappa shape index (κ1) is 14.7. The second-order valence-electron chi connectivity index (χ2n) is 4.93. The van der Waals surface area contributed by atoms with E-state index < -0.39 is 0 Å². The van der Waals surface area contributed by atoms with Crippen molar-refractivity contribution in [1.82, 2.24) is 15.2 Å². The monoisotopic (exact) mass is 298 g/mol. The van der Waals surface area contributed by atoms with Crippen LogP contribution in [0.4, 0.5) is 5.13 Å². The lowest BCUT2D eigenvalue weighted by Crippen LogP contribution is -2.36. The van der Waals surface area contributed by atoms with Crippen LogP contribution < -0.4 is 10.6 Å². The number of thiazole rings is 1. The number of hydrogen-bond acceptors (Lipinski definition) is 4. The first-order valence-corrected chi connectivity index (χ1v) is 8.15. The minimum absolute atomic E-state index is 0.648. The molecule has 0 spiro atoms. The molecule has 0 amide bonds. The van der Waals surface area contributed by atoms with Gasteiger partial charge in [-0.2, -0.15) is 0 Å². The van der Waals surface area contributed by atoms with Gasteiger partial charge in [-0.25, -0.2) is 4.98 Å². The molecule has 1 aromatic rings. The number of hydrogen-bond donors (Lipinski definition) is 2. The van der Waals surface area contributed by atoms with E-state index in [0.717, 1.165) is 18.2 Å². The number of nitrogens with zero attached hydrogens (tertiary/aromatic N) is 2. The molecule has 1 aliphatic rings. The Morgan fingerprint density at radius 1 is 1.58 bits per heavy atom. The number of anilines is 1. The summed E-state index contributed by atoms with van der Waals surface area (Å²) in [6.45, 7) is 7.39. The zero-order valence-corrected chi connectivity index (χ0v) is 13.2. The third-order valence-corrected chi connectivity index (χ3v) is 4.55. The van der Waals surface area contributed by atoms with E-state index in [4.69, 9.17) is 12.2 Å². The summed E-state index contributed by atoms with van der Waals surface area (Å²) in [6, 6.07) is 0.690. The zero-order chi connectivity index (χ0) is 13.7. The van der Waals surface area contributed by atoms with Gasteiger partial charge < -0.3 is 10.6 Å². The summed E-state index contributed by atoms with van der Waals surface area (Å²) in [6.07, 6.45) is 5.96. The van der Waals surface area contributed by atoms with Gasteiger partial charge in [0.1, 0.15) is 0 Å². The minimum atomic E-state index is 0.648. The molecule has 1 aromatic heterocycles. The number of aromatic nitrogens is 1. The summed E-state index contributed by atoms with van der Waals surface area (Å²) in [5, 5.41) is 7.72. The molecule has 4 nitrogen and oxygen atoms in total. The lowest BCUT2D eigenvalue weighted by atomic mass is 10.0. The summed E-state index contributed by atoms with van der Waals surface area (Å²) >= 11 is 6.85. The smallest absolute Gasteiger partial charge is 0.189 e. The van der Waals surface area contributed by atoms with Gasteiger partial charge >= 0.3 is 0 Å². The molecular weight excluding hydrogens is 276 g/mol. The van der Waals surface area contributed by atoms with Gasteiger partial charge in [0.05, 0.1) is 0 Å². The first-order valence-electron chi connectivity index (χ1n) is 6.92. The molecule has 0 aromatic carbocycles. The van der Waals surface area contributed by atoms with E-state index in [-0.39, 0.29) is 0 Å². The van der Waals surface area contributed by atoms with Crippen LogP contribution >= 0.6 is 23.6 Å². The van der Waals surface area contributed by atoms with Crippen LogP contribution in [0.15, 0.2) is 6.20 Å². The van der Waals surface area contributed by atoms with Gasteiger partial charge in [0.15, 0.2) is 10.2 Å². The molecule has 0 bridgehead atoms. The zero-order valence-electron chi connectivity index (χ0n) is 11.6. The minimum Gasteiger partial charge on any atom is -0.363 e. The molecule has 106 valence electrons. The summed E-state index contributed by atoms with van der Waals surface area (Å²) in [5.41, 5.74) is 0. The SMILES string of the molecule is CCNC(=S)Nc1ncc(CN2CCCCC2C)s1. The maximum absolute atomic E-state index is 5.16. The van der Waals surface area contributed by atoms with E-state index in [1.807, 2.05) is 13.1 Å². The Labute approximate surface area is 124 Å². The van der Waals surface area contributed by atoms with Crippen LogP contribution in [-0.2, 0) is 6.54 Å². The van der Waals surface area contributed by atoms with Crippen molar-refractivity contribution in [2.75, 3.05) is 18.4 Å². The van der Waals surface area contributed by atoms with E-state index in [1.54, 1.807) is 11.3 Å². The Morgan fingerprint density at radius 2 is 2.42 bits per heavy atom. The van der Waals surface area contributed by atoms with Crippen molar-refractivity contribution in [3.05, 3.63) is 11.1 Å². The molecule has 1 atom stereocenters. The van der Waals surface area contributed by atoms with Gasteiger partial charge in [0, 0.05) is 30.2 Å². The van der Waals surface area contributed by atoms with Crippen molar-refractivity contribution < 1.29 is 0 Å². The highest BCUT2D eigenvalue weighted by molar-refractivity contribution is 7.80. The van der Waals surface area contributed by atoms with Gasteiger partial charge in [0.25, 0.3) is 0 Å². The van der Waals surface area contributed by atoms with Crippen LogP contribution in [-0.4, -0.2) is 34.1 Å². The molecule has 1 fully saturated rings.